The Morgan fingerprint density at radius 3 is 1.63 bits per heavy atom. The lowest BCUT2D eigenvalue weighted by Gasteiger charge is -2.36. The number of rotatable bonds is 11. The minimum Gasteiger partial charge on any atom is -0.346 e. The molecule has 0 aromatic carbocycles. The smallest absolute Gasteiger partial charge is 0.111 e. The molecule has 0 aromatic heterocycles. The van der Waals surface area contributed by atoms with Gasteiger partial charge in [-0.3, -0.25) is 4.90 Å². The minimum atomic E-state index is -0.230. The topological polar surface area (TPSA) is 73.7 Å². The molecular formula is C14H33N3O2. The van der Waals surface area contributed by atoms with Gasteiger partial charge in [-0.15, -0.1) is 0 Å². The van der Waals surface area contributed by atoms with Gasteiger partial charge in [-0.05, 0) is 33.1 Å². The molecule has 0 aromatic rings. The molecule has 0 rings (SSSR count). The molecule has 0 heterocycles. The molecule has 4 unspecified atom stereocenters. The lowest BCUT2D eigenvalue weighted by molar-refractivity contribution is -0.173. The summed E-state index contributed by atoms with van der Waals surface area (Å²) in [6, 6.07) is 0. The average Bonchev–Trinajstić information content (AvgIpc) is 2.38. The summed E-state index contributed by atoms with van der Waals surface area (Å²) in [6.07, 6.45) is 3.24. The fourth-order valence-electron chi connectivity index (χ4n) is 1.85. The van der Waals surface area contributed by atoms with E-state index >= 15 is 0 Å². The molecule has 4 atom stereocenters. The number of ether oxygens (including phenoxy) is 2. The van der Waals surface area contributed by atoms with E-state index in [-0.39, 0.29) is 24.9 Å². The van der Waals surface area contributed by atoms with Crippen LogP contribution in [0.2, 0.25) is 0 Å². The van der Waals surface area contributed by atoms with Crippen LogP contribution in [0.25, 0.3) is 0 Å². The maximum absolute atomic E-state index is 5.85. The van der Waals surface area contributed by atoms with Crippen LogP contribution in [0.3, 0.4) is 0 Å². The molecule has 116 valence electrons. The number of nitrogens with two attached hydrogens (primary N) is 2. The highest BCUT2D eigenvalue weighted by Gasteiger charge is 2.23. The molecule has 0 spiro atoms. The van der Waals surface area contributed by atoms with E-state index in [0.29, 0.717) is 0 Å². The van der Waals surface area contributed by atoms with E-state index in [4.69, 9.17) is 20.9 Å². The van der Waals surface area contributed by atoms with Crippen LogP contribution >= 0.6 is 0 Å². The van der Waals surface area contributed by atoms with Crippen LogP contribution in [-0.2, 0) is 9.47 Å². The summed E-state index contributed by atoms with van der Waals surface area (Å²) in [5.74, 6) is 0. The van der Waals surface area contributed by atoms with E-state index in [1.807, 2.05) is 27.7 Å². The van der Waals surface area contributed by atoms with E-state index in [2.05, 4.69) is 11.8 Å². The van der Waals surface area contributed by atoms with Crippen molar-refractivity contribution in [2.45, 2.75) is 85.2 Å². The third-order valence-corrected chi connectivity index (χ3v) is 3.25. The Kier molecular flexibility index (Phi) is 10.5. The summed E-state index contributed by atoms with van der Waals surface area (Å²) >= 11 is 0. The Labute approximate surface area is 118 Å². The zero-order chi connectivity index (χ0) is 14.8. The van der Waals surface area contributed by atoms with Gasteiger partial charge in [0.1, 0.15) is 24.9 Å². The summed E-state index contributed by atoms with van der Waals surface area (Å²) < 4.78 is 11.6. The van der Waals surface area contributed by atoms with Crippen molar-refractivity contribution in [3.05, 3.63) is 0 Å². The first-order valence-electron chi connectivity index (χ1n) is 7.53. The van der Waals surface area contributed by atoms with Gasteiger partial charge < -0.3 is 20.9 Å². The van der Waals surface area contributed by atoms with Crippen molar-refractivity contribution in [2.24, 2.45) is 11.5 Å². The van der Waals surface area contributed by atoms with E-state index in [9.17, 15) is 0 Å². The first-order valence-corrected chi connectivity index (χ1v) is 7.53. The minimum absolute atomic E-state index is 0.0689. The van der Waals surface area contributed by atoms with Crippen molar-refractivity contribution in [1.82, 2.24) is 4.90 Å². The van der Waals surface area contributed by atoms with Gasteiger partial charge in [0.2, 0.25) is 0 Å². The lowest BCUT2D eigenvalue weighted by atomic mass is 10.3. The van der Waals surface area contributed by atoms with E-state index in [1.165, 1.54) is 0 Å². The SMILES string of the molecule is CCCCN(C(C)OC(N)CC)C(C)OC(N)CC. The average molecular weight is 275 g/mol. The third kappa shape index (κ3) is 7.84. The molecule has 0 fully saturated rings. The molecule has 19 heavy (non-hydrogen) atoms. The van der Waals surface area contributed by atoms with Crippen LogP contribution in [0.4, 0.5) is 0 Å². The van der Waals surface area contributed by atoms with Crippen LogP contribution < -0.4 is 11.5 Å². The van der Waals surface area contributed by atoms with E-state index < -0.39 is 0 Å². The first-order chi connectivity index (χ1) is 8.96. The van der Waals surface area contributed by atoms with Crippen molar-refractivity contribution in [1.29, 1.82) is 0 Å². The zero-order valence-electron chi connectivity index (χ0n) is 13.3. The van der Waals surface area contributed by atoms with Crippen LogP contribution in [0.5, 0.6) is 0 Å². The molecule has 5 nitrogen and oxygen atoms in total. The Morgan fingerprint density at radius 1 is 0.895 bits per heavy atom. The summed E-state index contributed by atoms with van der Waals surface area (Å²) in [5, 5.41) is 0. The highest BCUT2D eigenvalue weighted by molar-refractivity contribution is 4.64. The standard InChI is InChI=1S/C14H33N3O2/c1-6-9-10-17(11(4)18-13(15)7-2)12(5)19-14(16)8-3/h11-14H,6-10,15-16H2,1-5H3. The zero-order valence-corrected chi connectivity index (χ0v) is 13.3. The van der Waals surface area contributed by atoms with Gasteiger partial charge in [0.15, 0.2) is 0 Å². The van der Waals surface area contributed by atoms with Gasteiger partial charge in [-0.25, -0.2) is 0 Å². The largest absolute Gasteiger partial charge is 0.346 e. The van der Waals surface area contributed by atoms with Crippen molar-refractivity contribution in [3.63, 3.8) is 0 Å². The van der Waals surface area contributed by atoms with Gasteiger partial charge in [0, 0.05) is 6.54 Å². The number of unbranched alkanes of at least 4 members (excludes halogenated alkanes) is 1. The number of hydrogen-bond acceptors (Lipinski definition) is 5. The van der Waals surface area contributed by atoms with E-state index in [0.717, 1.165) is 32.2 Å². The van der Waals surface area contributed by atoms with Gasteiger partial charge in [-0.1, -0.05) is 27.2 Å². The highest BCUT2D eigenvalue weighted by Crippen LogP contribution is 2.13. The molecule has 4 N–H and O–H groups in total. The molecule has 0 radical (unpaired) electrons. The van der Waals surface area contributed by atoms with E-state index in [1.54, 1.807) is 0 Å². The second kappa shape index (κ2) is 10.6. The molecule has 0 bridgehead atoms. The van der Waals surface area contributed by atoms with Crippen LogP contribution in [0.1, 0.15) is 60.3 Å². The summed E-state index contributed by atoms with van der Waals surface area (Å²) in [7, 11) is 0. The molecule has 0 saturated carbocycles. The Bertz CT molecular complexity index is 199. The molecule has 0 aliphatic carbocycles. The van der Waals surface area contributed by atoms with Crippen LogP contribution in [-0.4, -0.2) is 36.4 Å². The van der Waals surface area contributed by atoms with Crippen LogP contribution in [0, 0.1) is 0 Å². The molecular weight excluding hydrogens is 242 g/mol. The quantitative estimate of drug-likeness (QED) is 0.566. The van der Waals surface area contributed by atoms with Gasteiger partial charge in [0.25, 0.3) is 0 Å². The molecule has 0 amide bonds. The highest BCUT2D eigenvalue weighted by atomic mass is 16.5. The van der Waals surface area contributed by atoms with Gasteiger partial charge in [0.05, 0.1) is 0 Å². The summed E-state index contributed by atoms with van der Waals surface area (Å²) in [6.45, 7) is 11.2. The predicted molar refractivity (Wildman–Crippen MR) is 79.2 cm³/mol. The van der Waals surface area contributed by atoms with Crippen LogP contribution in [0.15, 0.2) is 0 Å². The fourth-order valence-corrected chi connectivity index (χ4v) is 1.85. The number of hydrogen-bond donors (Lipinski definition) is 2. The van der Waals surface area contributed by atoms with Gasteiger partial charge >= 0.3 is 0 Å². The normalized spacial score (nSPS) is 18.3. The molecule has 0 aliphatic rings. The molecule has 5 heteroatoms. The van der Waals surface area contributed by atoms with Crippen molar-refractivity contribution < 1.29 is 9.47 Å². The van der Waals surface area contributed by atoms with Crippen molar-refractivity contribution in [2.75, 3.05) is 6.54 Å². The Balaban J connectivity index is 4.49. The maximum atomic E-state index is 5.85. The van der Waals surface area contributed by atoms with Crippen molar-refractivity contribution >= 4 is 0 Å². The predicted octanol–water partition coefficient (Wildman–Crippen LogP) is 2.20. The first kappa shape index (κ1) is 18.8. The second-order valence-corrected chi connectivity index (χ2v) is 4.96. The second-order valence-electron chi connectivity index (χ2n) is 4.96. The fraction of sp³-hybridized carbons (Fsp3) is 1.00. The Hall–Kier alpha value is -0.200. The van der Waals surface area contributed by atoms with Crippen molar-refractivity contribution in [3.8, 4) is 0 Å². The molecule has 0 aliphatic heterocycles. The Morgan fingerprint density at radius 2 is 1.32 bits per heavy atom. The maximum Gasteiger partial charge on any atom is 0.111 e. The van der Waals surface area contributed by atoms with Gasteiger partial charge in [-0.2, -0.15) is 0 Å². The third-order valence-electron chi connectivity index (χ3n) is 3.25. The lowest BCUT2D eigenvalue weighted by Crippen LogP contribution is -2.48. The monoisotopic (exact) mass is 275 g/mol. The molecule has 0 saturated heterocycles. The number of nitrogens with zero attached hydrogens (tertiary/aromatic N) is 1. The summed E-state index contributed by atoms with van der Waals surface area (Å²) in [5.41, 5.74) is 11.7. The summed E-state index contributed by atoms with van der Waals surface area (Å²) in [4.78, 5) is 2.18.